The van der Waals surface area contributed by atoms with Gasteiger partial charge in [-0.3, -0.25) is 9.89 Å². The summed E-state index contributed by atoms with van der Waals surface area (Å²) in [5.74, 6) is 0.928. The third-order valence-electron chi connectivity index (χ3n) is 4.39. The predicted octanol–water partition coefficient (Wildman–Crippen LogP) is 2.43. The van der Waals surface area contributed by atoms with Crippen LogP contribution in [0.5, 0.6) is 11.5 Å². The number of hydrogen-bond donors (Lipinski definition) is 3. The van der Waals surface area contributed by atoms with Crippen molar-refractivity contribution in [2.45, 2.75) is 12.5 Å². The molecule has 0 radical (unpaired) electrons. The fourth-order valence-electron chi connectivity index (χ4n) is 2.91. The Kier molecular flexibility index (Phi) is 6.29. The van der Waals surface area contributed by atoms with Gasteiger partial charge in [0.2, 0.25) is 0 Å². The first-order chi connectivity index (χ1) is 13.6. The van der Waals surface area contributed by atoms with Crippen LogP contribution >= 0.6 is 0 Å². The zero-order valence-corrected chi connectivity index (χ0v) is 15.8. The molecule has 0 unspecified atom stereocenters. The minimum absolute atomic E-state index is 0.159. The molecule has 0 saturated carbocycles. The van der Waals surface area contributed by atoms with Gasteiger partial charge in [0.15, 0.2) is 0 Å². The van der Waals surface area contributed by atoms with Crippen molar-refractivity contribution >= 4 is 5.91 Å². The summed E-state index contributed by atoms with van der Waals surface area (Å²) in [4.78, 5) is 12.6. The average Bonchev–Trinajstić information content (AvgIpc) is 3.23. The molecule has 0 bridgehead atoms. The molecule has 7 nitrogen and oxygen atoms in total. The van der Waals surface area contributed by atoms with Crippen molar-refractivity contribution < 1.29 is 19.4 Å². The number of nitrogens with zero attached hydrogens (tertiary/aromatic N) is 1. The van der Waals surface area contributed by atoms with E-state index in [9.17, 15) is 9.90 Å². The van der Waals surface area contributed by atoms with Crippen LogP contribution in [0.25, 0.3) is 11.3 Å². The van der Waals surface area contributed by atoms with E-state index in [0.717, 1.165) is 11.1 Å². The Hall–Kier alpha value is -3.32. The van der Waals surface area contributed by atoms with Gasteiger partial charge < -0.3 is 19.9 Å². The van der Waals surface area contributed by atoms with E-state index in [1.165, 1.54) is 0 Å². The number of aromatic nitrogens is 2. The Morgan fingerprint density at radius 3 is 2.61 bits per heavy atom. The van der Waals surface area contributed by atoms with E-state index >= 15 is 0 Å². The zero-order valence-electron chi connectivity index (χ0n) is 15.8. The van der Waals surface area contributed by atoms with Crippen LogP contribution in [0.2, 0.25) is 0 Å². The van der Waals surface area contributed by atoms with Gasteiger partial charge in [-0.15, -0.1) is 0 Å². The van der Waals surface area contributed by atoms with Crippen molar-refractivity contribution in [3.8, 4) is 22.8 Å². The van der Waals surface area contributed by atoms with Crippen LogP contribution in [0.15, 0.2) is 54.6 Å². The third kappa shape index (κ3) is 4.50. The second-order valence-corrected chi connectivity index (χ2v) is 6.28. The molecule has 0 fully saturated rings. The number of aliphatic hydroxyl groups is 1. The van der Waals surface area contributed by atoms with Gasteiger partial charge in [0.25, 0.3) is 5.91 Å². The summed E-state index contributed by atoms with van der Waals surface area (Å²) < 4.78 is 10.6. The van der Waals surface area contributed by atoms with Gasteiger partial charge in [0.05, 0.1) is 32.6 Å². The molecular formula is C21H23N3O4. The van der Waals surface area contributed by atoms with Gasteiger partial charge in [-0.05, 0) is 30.2 Å². The molecule has 2 aromatic carbocycles. The fraction of sp³-hybridized carbons (Fsp3) is 0.238. The topological polar surface area (TPSA) is 96.5 Å². The SMILES string of the molecule is COc1ccc(-c2cc(C(=O)N[C@H](CO)Cc3ccccc3)[nH]n2)c(OC)c1. The number of aliphatic hydroxyl groups excluding tert-OH is 1. The second-order valence-electron chi connectivity index (χ2n) is 6.28. The largest absolute Gasteiger partial charge is 0.497 e. The van der Waals surface area contributed by atoms with Crippen LogP contribution in [0.3, 0.4) is 0 Å². The van der Waals surface area contributed by atoms with Crippen molar-refractivity contribution in [3.05, 3.63) is 65.9 Å². The molecule has 1 heterocycles. The quantitative estimate of drug-likeness (QED) is 0.557. The molecule has 146 valence electrons. The van der Waals surface area contributed by atoms with Crippen LogP contribution in [-0.4, -0.2) is 48.1 Å². The molecule has 1 atom stereocenters. The molecule has 28 heavy (non-hydrogen) atoms. The third-order valence-corrected chi connectivity index (χ3v) is 4.39. The standard InChI is InChI=1S/C21H23N3O4/c1-27-16-8-9-17(20(11-16)28-2)18-12-19(24-23-18)21(26)22-15(13-25)10-14-6-4-3-5-7-14/h3-9,11-12,15,25H,10,13H2,1-2H3,(H,22,26)(H,23,24)/t15-/m0/s1. The summed E-state index contributed by atoms with van der Waals surface area (Å²) in [6.07, 6.45) is 0.538. The van der Waals surface area contributed by atoms with E-state index in [0.29, 0.717) is 29.3 Å². The van der Waals surface area contributed by atoms with Gasteiger partial charge in [0.1, 0.15) is 17.2 Å². The Morgan fingerprint density at radius 1 is 1.14 bits per heavy atom. The van der Waals surface area contributed by atoms with E-state index in [4.69, 9.17) is 9.47 Å². The number of aromatic amines is 1. The Labute approximate surface area is 163 Å². The number of amides is 1. The predicted molar refractivity (Wildman–Crippen MR) is 106 cm³/mol. The number of rotatable bonds is 8. The van der Waals surface area contributed by atoms with Crippen LogP contribution < -0.4 is 14.8 Å². The van der Waals surface area contributed by atoms with Crippen LogP contribution in [0, 0.1) is 0 Å². The summed E-state index contributed by atoms with van der Waals surface area (Å²) in [5, 5.41) is 19.4. The number of H-pyrrole nitrogens is 1. The summed E-state index contributed by atoms with van der Waals surface area (Å²) in [5.41, 5.74) is 2.66. The Morgan fingerprint density at radius 2 is 1.93 bits per heavy atom. The maximum atomic E-state index is 12.6. The van der Waals surface area contributed by atoms with E-state index in [1.54, 1.807) is 32.4 Å². The fourth-order valence-corrected chi connectivity index (χ4v) is 2.91. The van der Waals surface area contributed by atoms with Crippen molar-refractivity contribution in [3.63, 3.8) is 0 Å². The lowest BCUT2D eigenvalue weighted by atomic mass is 10.1. The van der Waals surface area contributed by atoms with Gasteiger partial charge in [-0.1, -0.05) is 30.3 Å². The van der Waals surface area contributed by atoms with Gasteiger partial charge >= 0.3 is 0 Å². The molecule has 1 amide bonds. The number of nitrogens with one attached hydrogen (secondary N) is 2. The van der Waals surface area contributed by atoms with Crippen LogP contribution in [0.1, 0.15) is 16.1 Å². The summed E-state index contributed by atoms with van der Waals surface area (Å²) >= 11 is 0. The molecule has 1 aromatic heterocycles. The molecule has 3 aromatic rings. The van der Waals surface area contributed by atoms with Gasteiger partial charge in [-0.25, -0.2) is 0 Å². The molecule has 0 spiro atoms. The zero-order chi connectivity index (χ0) is 19.9. The first-order valence-electron chi connectivity index (χ1n) is 8.88. The van der Waals surface area contributed by atoms with Gasteiger partial charge in [-0.2, -0.15) is 5.10 Å². The molecule has 3 rings (SSSR count). The van der Waals surface area contributed by atoms with E-state index in [1.807, 2.05) is 36.4 Å². The first-order valence-corrected chi connectivity index (χ1v) is 8.88. The highest BCUT2D eigenvalue weighted by atomic mass is 16.5. The molecule has 0 aliphatic rings. The molecule has 0 aliphatic carbocycles. The highest BCUT2D eigenvalue weighted by Crippen LogP contribution is 2.32. The molecule has 0 aliphatic heterocycles. The number of methoxy groups -OCH3 is 2. The smallest absolute Gasteiger partial charge is 0.269 e. The minimum atomic E-state index is -0.392. The number of carbonyl (C=O) groups is 1. The minimum Gasteiger partial charge on any atom is -0.497 e. The summed E-state index contributed by atoms with van der Waals surface area (Å²) in [6, 6.07) is 16.3. The van der Waals surface area contributed by atoms with E-state index in [-0.39, 0.29) is 12.5 Å². The Balaban J connectivity index is 1.73. The highest BCUT2D eigenvalue weighted by Gasteiger charge is 2.18. The molecular weight excluding hydrogens is 358 g/mol. The van der Waals surface area contributed by atoms with Gasteiger partial charge in [0, 0.05) is 11.6 Å². The Bertz CT molecular complexity index is 924. The molecule has 3 N–H and O–H groups in total. The summed E-state index contributed by atoms with van der Waals surface area (Å²) in [7, 11) is 3.15. The van der Waals surface area contributed by atoms with Crippen molar-refractivity contribution in [2.24, 2.45) is 0 Å². The normalized spacial score (nSPS) is 11.7. The maximum absolute atomic E-state index is 12.6. The molecule has 0 saturated heterocycles. The second kappa shape index (κ2) is 9.05. The lowest BCUT2D eigenvalue weighted by Crippen LogP contribution is -2.39. The number of hydrogen-bond acceptors (Lipinski definition) is 5. The maximum Gasteiger partial charge on any atom is 0.269 e. The van der Waals surface area contributed by atoms with Crippen LogP contribution in [-0.2, 0) is 6.42 Å². The molecule has 7 heteroatoms. The van der Waals surface area contributed by atoms with Crippen molar-refractivity contribution in [2.75, 3.05) is 20.8 Å². The monoisotopic (exact) mass is 381 g/mol. The van der Waals surface area contributed by atoms with Crippen molar-refractivity contribution in [1.82, 2.24) is 15.5 Å². The lowest BCUT2D eigenvalue weighted by Gasteiger charge is -2.15. The van der Waals surface area contributed by atoms with E-state index < -0.39 is 6.04 Å². The first kappa shape index (κ1) is 19.4. The number of benzene rings is 2. The summed E-state index contributed by atoms with van der Waals surface area (Å²) in [6.45, 7) is -0.159. The van der Waals surface area contributed by atoms with Crippen LogP contribution in [0.4, 0.5) is 0 Å². The average molecular weight is 381 g/mol. The lowest BCUT2D eigenvalue weighted by molar-refractivity contribution is 0.0911. The number of ether oxygens (including phenoxy) is 2. The highest BCUT2D eigenvalue weighted by molar-refractivity contribution is 5.93. The van der Waals surface area contributed by atoms with Crippen molar-refractivity contribution in [1.29, 1.82) is 0 Å². The van der Waals surface area contributed by atoms with E-state index in [2.05, 4.69) is 15.5 Å². The number of carbonyl (C=O) groups excluding carboxylic acids is 1.